The van der Waals surface area contributed by atoms with E-state index in [0.29, 0.717) is 19.5 Å². The zero-order valence-electron chi connectivity index (χ0n) is 18.7. The van der Waals surface area contributed by atoms with E-state index in [1.54, 1.807) is 4.90 Å². The summed E-state index contributed by atoms with van der Waals surface area (Å²) in [4.78, 5) is 38.1. The molecule has 3 atom stereocenters. The van der Waals surface area contributed by atoms with Gasteiger partial charge >= 0.3 is 12.1 Å². The molecule has 2 N–H and O–H groups in total. The fraction of sp³-hybridized carbons (Fsp3) is 0.308. The number of ether oxygens (including phenoxy) is 1. The van der Waals surface area contributed by atoms with Crippen LogP contribution in [0.5, 0.6) is 0 Å². The predicted molar refractivity (Wildman–Crippen MR) is 124 cm³/mol. The molecule has 3 aromatic rings. The number of benzene rings is 2. The molecule has 0 bridgehead atoms. The number of carboxylic acids is 1. The molecule has 2 fully saturated rings. The van der Waals surface area contributed by atoms with Crippen molar-refractivity contribution < 1.29 is 28.8 Å². The van der Waals surface area contributed by atoms with Gasteiger partial charge in [0, 0.05) is 25.1 Å². The maximum atomic E-state index is 12.8. The summed E-state index contributed by atoms with van der Waals surface area (Å²) in [6.07, 6.45) is -0.0408. The number of rotatable bonds is 5. The number of amides is 2. The fourth-order valence-electron chi connectivity index (χ4n) is 5.62. The van der Waals surface area contributed by atoms with E-state index in [1.807, 2.05) is 36.4 Å². The summed E-state index contributed by atoms with van der Waals surface area (Å²) in [6, 6.07) is 17.5. The Labute approximate surface area is 200 Å². The van der Waals surface area contributed by atoms with Gasteiger partial charge in [0.1, 0.15) is 6.61 Å². The second-order valence-corrected chi connectivity index (χ2v) is 9.26. The van der Waals surface area contributed by atoms with E-state index in [2.05, 4.69) is 22.6 Å². The van der Waals surface area contributed by atoms with E-state index in [0.717, 1.165) is 22.3 Å². The zero-order valence-corrected chi connectivity index (χ0v) is 18.7. The highest BCUT2D eigenvalue weighted by Crippen LogP contribution is 2.51. The fourth-order valence-corrected chi connectivity index (χ4v) is 5.62. The van der Waals surface area contributed by atoms with E-state index >= 15 is 0 Å². The lowest BCUT2D eigenvalue weighted by molar-refractivity contribution is -0.139. The number of nitrogens with zero attached hydrogens (tertiary/aromatic N) is 2. The summed E-state index contributed by atoms with van der Waals surface area (Å²) in [5.74, 6) is -1.42. The predicted octanol–water partition coefficient (Wildman–Crippen LogP) is 3.83. The molecular formula is C26H23N3O6. The number of hydrogen-bond acceptors (Lipinski definition) is 6. The number of carbonyl (C=O) groups excluding carboxylic acids is 2. The van der Waals surface area contributed by atoms with Crippen LogP contribution in [0.2, 0.25) is 0 Å². The maximum absolute atomic E-state index is 12.8. The topological polar surface area (TPSA) is 122 Å². The van der Waals surface area contributed by atoms with Crippen LogP contribution < -0.4 is 5.32 Å². The van der Waals surface area contributed by atoms with Gasteiger partial charge < -0.3 is 19.3 Å². The lowest BCUT2D eigenvalue weighted by atomic mass is 9.98. The number of piperidine rings is 1. The van der Waals surface area contributed by atoms with E-state index in [-0.39, 0.29) is 47.8 Å². The average Bonchev–Trinajstić information content (AvgIpc) is 3.26. The van der Waals surface area contributed by atoms with Crippen molar-refractivity contribution in [2.45, 2.75) is 12.3 Å². The Morgan fingerprint density at radius 2 is 1.74 bits per heavy atom. The molecule has 3 aliphatic rings. The molecule has 0 spiro atoms. The van der Waals surface area contributed by atoms with Crippen molar-refractivity contribution in [1.29, 1.82) is 0 Å². The van der Waals surface area contributed by atoms with Gasteiger partial charge in [-0.3, -0.25) is 14.9 Å². The molecule has 2 heterocycles. The third-order valence-corrected chi connectivity index (χ3v) is 7.37. The number of nitrogens with one attached hydrogen (secondary N) is 1. The van der Waals surface area contributed by atoms with Gasteiger partial charge in [0.15, 0.2) is 5.69 Å². The smallest absolute Gasteiger partial charge is 0.414 e. The summed E-state index contributed by atoms with van der Waals surface area (Å²) >= 11 is 0. The Morgan fingerprint density at radius 3 is 2.43 bits per heavy atom. The number of anilines is 1. The van der Waals surface area contributed by atoms with E-state index in [1.165, 1.54) is 6.07 Å². The van der Waals surface area contributed by atoms with Gasteiger partial charge in [-0.05, 0) is 40.5 Å². The second kappa shape index (κ2) is 8.26. The number of carboxylic acid groups (broad SMARTS) is 1. The highest BCUT2D eigenvalue weighted by molar-refractivity contribution is 5.94. The minimum atomic E-state index is -0.801. The van der Waals surface area contributed by atoms with Crippen LogP contribution in [0.4, 0.5) is 10.7 Å². The molecule has 35 heavy (non-hydrogen) atoms. The highest BCUT2D eigenvalue weighted by Gasteiger charge is 2.57. The highest BCUT2D eigenvalue weighted by atomic mass is 16.6. The lowest BCUT2D eigenvalue weighted by Crippen LogP contribution is -2.37. The Balaban J connectivity index is 1.07. The molecule has 2 aliphatic carbocycles. The van der Waals surface area contributed by atoms with Gasteiger partial charge in [0.05, 0.1) is 5.92 Å². The standard InChI is InChI=1S/C26H23N3O6/c30-24(29-10-9-18-19(12-29)23(18)25(31)32)21-11-22(35-28-21)27-26(33)34-13-20-16-7-3-1-5-14(16)15-6-2-4-8-17(15)20/h1-8,11,18-20,23H,9-10,12-13H2,(H,27,33)(H,31,32). The number of fused-ring (bicyclic) bond motifs is 4. The molecule has 6 rings (SSSR count). The van der Waals surface area contributed by atoms with Crippen molar-refractivity contribution in [3.05, 3.63) is 71.4 Å². The molecule has 9 heteroatoms. The monoisotopic (exact) mass is 473 g/mol. The minimum absolute atomic E-state index is 0.00415. The maximum Gasteiger partial charge on any atom is 0.414 e. The largest absolute Gasteiger partial charge is 0.481 e. The molecule has 3 unspecified atom stereocenters. The summed E-state index contributed by atoms with van der Waals surface area (Å²) in [5, 5.41) is 15.5. The van der Waals surface area contributed by atoms with Crippen LogP contribution in [0.25, 0.3) is 11.1 Å². The summed E-state index contributed by atoms with van der Waals surface area (Å²) < 4.78 is 10.6. The minimum Gasteiger partial charge on any atom is -0.481 e. The van der Waals surface area contributed by atoms with Gasteiger partial charge in [-0.25, -0.2) is 4.79 Å². The molecule has 9 nitrogen and oxygen atoms in total. The summed E-state index contributed by atoms with van der Waals surface area (Å²) in [6.45, 7) is 1.02. The quantitative estimate of drug-likeness (QED) is 0.577. The Bertz CT molecular complexity index is 1290. The van der Waals surface area contributed by atoms with Crippen molar-refractivity contribution in [2.24, 2.45) is 17.8 Å². The van der Waals surface area contributed by atoms with Crippen LogP contribution in [-0.4, -0.2) is 52.8 Å². The molecule has 1 aromatic heterocycles. The van der Waals surface area contributed by atoms with Crippen LogP contribution in [0, 0.1) is 17.8 Å². The van der Waals surface area contributed by atoms with E-state index in [9.17, 15) is 19.5 Å². The van der Waals surface area contributed by atoms with Gasteiger partial charge in [0.2, 0.25) is 5.88 Å². The van der Waals surface area contributed by atoms with Gasteiger partial charge in [-0.2, -0.15) is 0 Å². The van der Waals surface area contributed by atoms with E-state index < -0.39 is 12.1 Å². The number of aliphatic carboxylic acids is 1. The molecule has 1 aliphatic heterocycles. The first-order chi connectivity index (χ1) is 17.0. The molecular weight excluding hydrogens is 450 g/mol. The number of likely N-dealkylation sites (tertiary alicyclic amines) is 1. The molecule has 0 radical (unpaired) electrons. The van der Waals surface area contributed by atoms with Crippen LogP contribution in [0.3, 0.4) is 0 Å². The number of carbonyl (C=O) groups is 3. The zero-order chi connectivity index (χ0) is 24.1. The van der Waals surface area contributed by atoms with Gasteiger partial charge in [-0.1, -0.05) is 53.7 Å². The average molecular weight is 473 g/mol. The van der Waals surface area contributed by atoms with Crippen molar-refractivity contribution in [3.63, 3.8) is 0 Å². The third-order valence-electron chi connectivity index (χ3n) is 7.37. The van der Waals surface area contributed by atoms with Gasteiger partial charge in [-0.15, -0.1) is 0 Å². The molecule has 2 amide bonds. The molecule has 178 valence electrons. The van der Waals surface area contributed by atoms with Crippen molar-refractivity contribution >= 4 is 23.9 Å². The number of aromatic nitrogens is 1. The molecule has 1 saturated carbocycles. The summed E-state index contributed by atoms with van der Waals surface area (Å²) in [7, 11) is 0. The van der Waals surface area contributed by atoms with Crippen LogP contribution in [0.15, 0.2) is 59.1 Å². The molecule has 2 aromatic carbocycles. The first kappa shape index (κ1) is 21.4. The lowest BCUT2D eigenvalue weighted by Gasteiger charge is -2.25. The SMILES string of the molecule is O=C(Nc1cc(C(=O)N2CCC3C(C2)C3C(=O)O)no1)OCC1c2ccccc2-c2ccccc21. The van der Waals surface area contributed by atoms with Crippen LogP contribution >= 0.6 is 0 Å². The van der Waals surface area contributed by atoms with Gasteiger partial charge in [0.25, 0.3) is 5.91 Å². The Morgan fingerprint density at radius 1 is 1.06 bits per heavy atom. The van der Waals surface area contributed by atoms with Crippen LogP contribution in [0.1, 0.15) is 34.0 Å². The van der Waals surface area contributed by atoms with E-state index in [4.69, 9.17) is 9.26 Å². The molecule has 1 saturated heterocycles. The third kappa shape index (κ3) is 3.73. The number of hydrogen-bond donors (Lipinski definition) is 2. The van der Waals surface area contributed by atoms with Crippen molar-refractivity contribution in [2.75, 3.05) is 25.0 Å². The van der Waals surface area contributed by atoms with Crippen LogP contribution in [-0.2, 0) is 9.53 Å². The summed E-state index contributed by atoms with van der Waals surface area (Å²) in [5.41, 5.74) is 4.56. The normalized spacial score (nSPS) is 22.1. The first-order valence-corrected chi connectivity index (χ1v) is 11.6. The van der Waals surface area contributed by atoms with Crippen molar-refractivity contribution in [1.82, 2.24) is 10.1 Å². The Hall–Kier alpha value is -4.14. The van der Waals surface area contributed by atoms with Crippen molar-refractivity contribution in [3.8, 4) is 11.1 Å². The second-order valence-electron chi connectivity index (χ2n) is 9.26. The Kier molecular flexibility index (Phi) is 5.05. The first-order valence-electron chi connectivity index (χ1n) is 11.6.